The number of rotatable bonds is 5. The number of nitrogens with zero attached hydrogens (tertiary/aromatic N) is 3. The lowest BCUT2D eigenvalue weighted by Crippen LogP contribution is -2.34. The highest BCUT2D eigenvalue weighted by atomic mass is 32.1. The number of carbonyl (C=O) groups excluding carboxylic acids is 1. The number of amides is 1. The number of hydrogen-bond acceptors (Lipinski definition) is 7. The molecule has 0 bridgehead atoms. The summed E-state index contributed by atoms with van der Waals surface area (Å²) in [6.45, 7) is 2.23. The summed E-state index contributed by atoms with van der Waals surface area (Å²) in [6, 6.07) is 12.4. The molecule has 8 nitrogen and oxygen atoms in total. The highest BCUT2D eigenvalue weighted by molar-refractivity contribution is 7.13. The molecule has 0 radical (unpaired) electrons. The summed E-state index contributed by atoms with van der Waals surface area (Å²) < 4.78 is 6.65. The second-order valence-corrected chi connectivity index (χ2v) is 6.58. The van der Waals surface area contributed by atoms with Crippen LogP contribution in [0.1, 0.15) is 17.4 Å². The van der Waals surface area contributed by atoms with Gasteiger partial charge in [-0.2, -0.15) is 0 Å². The van der Waals surface area contributed by atoms with Gasteiger partial charge in [-0.1, -0.05) is 23.4 Å². The minimum Gasteiger partial charge on any atom is -0.355 e. The van der Waals surface area contributed by atoms with Crippen LogP contribution in [0.4, 0.5) is 5.95 Å². The van der Waals surface area contributed by atoms with Gasteiger partial charge in [-0.25, -0.2) is 4.98 Å². The molecule has 0 aliphatic heterocycles. The number of nitrogens with one attached hydrogen (secondary N) is 2. The van der Waals surface area contributed by atoms with Crippen LogP contribution in [0.25, 0.3) is 21.5 Å². The fourth-order valence-electron chi connectivity index (χ4n) is 2.65. The van der Waals surface area contributed by atoms with Crippen LogP contribution in [-0.2, 0) is 6.54 Å². The molecular weight excluding hydrogens is 366 g/mol. The lowest BCUT2D eigenvalue weighted by atomic mass is 10.2. The molecule has 0 atom stereocenters. The second kappa shape index (κ2) is 7.04. The average Bonchev–Trinajstić information content (AvgIpc) is 3.37. The maximum absolute atomic E-state index is 12.6. The number of carbonyl (C=O) groups is 1. The van der Waals surface area contributed by atoms with Crippen molar-refractivity contribution in [1.82, 2.24) is 20.1 Å². The van der Waals surface area contributed by atoms with Crippen molar-refractivity contribution < 1.29 is 9.32 Å². The Balaban J connectivity index is 1.56. The number of hydrazine groups is 1. The Morgan fingerprint density at radius 2 is 2.11 bits per heavy atom. The topological polar surface area (TPSA) is 102 Å². The van der Waals surface area contributed by atoms with E-state index in [1.54, 1.807) is 30.3 Å². The lowest BCUT2D eigenvalue weighted by molar-refractivity contribution is 0.0953. The van der Waals surface area contributed by atoms with E-state index < -0.39 is 5.91 Å². The van der Waals surface area contributed by atoms with Gasteiger partial charge in [0.25, 0.3) is 11.5 Å². The van der Waals surface area contributed by atoms with E-state index in [1.165, 1.54) is 15.9 Å². The van der Waals surface area contributed by atoms with E-state index >= 15 is 0 Å². The Hall–Kier alpha value is -3.46. The molecular formula is C18H15N5O3S. The Labute approximate surface area is 157 Å². The summed E-state index contributed by atoms with van der Waals surface area (Å²) in [6.07, 6.45) is 0. The number of thiophene rings is 1. The van der Waals surface area contributed by atoms with E-state index in [4.69, 9.17) is 4.52 Å². The van der Waals surface area contributed by atoms with Gasteiger partial charge < -0.3 is 4.52 Å². The summed E-state index contributed by atoms with van der Waals surface area (Å²) in [7, 11) is 0. The zero-order valence-corrected chi connectivity index (χ0v) is 15.1. The minimum atomic E-state index is -0.494. The normalized spacial score (nSPS) is 10.9. The number of benzene rings is 1. The van der Waals surface area contributed by atoms with E-state index in [0.29, 0.717) is 23.2 Å². The van der Waals surface area contributed by atoms with Crippen LogP contribution in [0.2, 0.25) is 0 Å². The van der Waals surface area contributed by atoms with Crippen LogP contribution in [-0.4, -0.2) is 20.6 Å². The molecule has 3 heterocycles. The fourth-order valence-corrected chi connectivity index (χ4v) is 3.32. The molecule has 1 amide bonds. The smallest absolute Gasteiger partial charge is 0.291 e. The predicted molar refractivity (Wildman–Crippen MR) is 103 cm³/mol. The third kappa shape index (κ3) is 3.20. The zero-order valence-electron chi connectivity index (χ0n) is 14.3. The molecule has 27 heavy (non-hydrogen) atoms. The Morgan fingerprint density at radius 3 is 2.89 bits per heavy atom. The van der Waals surface area contributed by atoms with Gasteiger partial charge in [-0.05, 0) is 30.5 Å². The molecule has 136 valence electrons. The Bertz CT molecular complexity index is 1160. The molecule has 0 aliphatic carbocycles. The highest BCUT2D eigenvalue weighted by Crippen LogP contribution is 2.25. The van der Waals surface area contributed by atoms with E-state index in [2.05, 4.69) is 21.0 Å². The summed E-state index contributed by atoms with van der Waals surface area (Å²) in [5, 5.41) is 6.22. The van der Waals surface area contributed by atoms with Crippen LogP contribution in [0.5, 0.6) is 0 Å². The quantitative estimate of drug-likeness (QED) is 0.516. The van der Waals surface area contributed by atoms with Crippen molar-refractivity contribution in [3.05, 3.63) is 63.9 Å². The molecule has 4 aromatic rings. The third-order valence-electron chi connectivity index (χ3n) is 3.97. The van der Waals surface area contributed by atoms with Crippen LogP contribution in [0.3, 0.4) is 0 Å². The first kappa shape index (κ1) is 17.0. The molecule has 9 heteroatoms. The van der Waals surface area contributed by atoms with Crippen molar-refractivity contribution in [3.8, 4) is 10.6 Å². The van der Waals surface area contributed by atoms with Crippen LogP contribution >= 0.6 is 11.3 Å². The van der Waals surface area contributed by atoms with Crippen molar-refractivity contribution in [2.45, 2.75) is 13.5 Å². The highest BCUT2D eigenvalue weighted by Gasteiger charge is 2.15. The Morgan fingerprint density at radius 1 is 1.26 bits per heavy atom. The molecule has 0 saturated carbocycles. The molecule has 0 saturated heterocycles. The second-order valence-electron chi connectivity index (χ2n) is 5.63. The SMILES string of the molecule is CCn1c(NNC(=O)c2cc(-c3cccs3)on2)nc2ccccc2c1=O. The third-order valence-corrected chi connectivity index (χ3v) is 4.86. The van der Waals surface area contributed by atoms with Crippen molar-refractivity contribution >= 4 is 34.1 Å². The molecule has 3 aromatic heterocycles. The number of aromatic nitrogens is 3. The van der Waals surface area contributed by atoms with E-state index in [9.17, 15) is 9.59 Å². The minimum absolute atomic E-state index is 0.122. The van der Waals surface area contributed by atoms with Crippen LogP contribution in [0.15, 0.2) is 57.2 Å². The average molecular weight is 381 g/mol. The maximum atomic E-state index is 12.6. The summed E-state index contributed by atoms with van der Waals surface area (Å²) in [5.41, 5.74) is 5.71. The van der Waals surface area contributed by atoms with E-state index in [0.717, 1.165) is 4.88 Å². The molecule has 0 aliphatic rings. The first-order chi connectivity index (χ1) is 13.2. The molecule has 0 spiro atoms. The van der Waals surface area contributed by atoms with Gasteiger partial charge in [0.1, 0.15) is 0 Å². The number of anilines is 1. The van der Waals surface area contributed by atoms with Crippen molar-refractivity contribution in [2.24, 2.45) is 0 Å². The molecule has 0 unspecified atom stereocenters. The Kier molecular flexibility index (Phi) is 4.43. The van der Waals surface area contributed by atoms with Crippen LogP contribution < -0.4 is 16.4 Å². The largest absolute Gasteiger partial charge is 0.355 e. The lowest BCUT2D eigenvalue weighted by Gasteiger charge is -2.13. The van der Waals surface area contributed by atoms with Crippen molar-refractivity contribution in [1.29, 1.82) is 0 Å². The summed E-state index contributed by atoms with van der Waals surface area (Å²) in [4.78, 5) is 30.2. The first-order valence-corrected chi connectivity index (χ1v) is 9.12. The van der Waals surface area contributed by atoms with Gasteiger partial charge in [0.15, 0.2) is 11.5 Å². The number of hydrogen-bond donors (Lipinski definition) is 2. The fraction of sp³-hybridized carbons (Fsp3) is 0.111. The molecule has 4 rings (SSSR count). The van der Waals surface area contributed by atoms with Gasteiger partial charge in [0.2, 0.25) is 5.95 Å². The van der Waals surface area contributed by atoms with E-state index in [1.807, 2.05) is 24.4 Å². The summed E-state index contributed by atoms with van der Waals surface area (Å²) >= 11 is 1.49. The van der Waals surface area contributed by atoms with Gasteiger partial charge in [0.05, 0.1) is 15.8 Å². The standard InChI is InChI=1S/C18H15N5O3S/c1-2-23-17(25)11-6-3-4-7-12(11)19-18(23)21-20-16(24)13-10-14(26-22-13)15-8-5-9-27-15/h3-10H,2H2,1H3,(H,19,21)(H,20,24). The molecule has 2 N–H and O–H groups in total. The van der Waals surface area contributed by atoms with Crippen molar-refractivity contribution in [2.75, 3.05) is 5.43 Å². The monoisotopic (exact) mass is 381 g/mol. The van der Waals surface area contributed by atoms with Gasteiger partial charge >= 0.3 is 0 Å². The number of para-hydroxylation sites is 1. The van der Waals surface area contributed by atoms with Crippen molar-refractivity contribution in [3.63, 3.8) is 0 Å². The van der Waals surface area contributed by atoms with Gasteiger partial charge in [-0.15, -0.1) is 11.3 Å². The van der Waals surface area contributed by atoms with Crippen LogP contribution in [0, 0.1) is 0 Å². The first-order valence-electron chi connectivity index (χ1n) is 8.24. The van der Waals surface area contributed by atoms with Gasteiger partial charge in [-0.3, -0.25) is 25.0 Å². The van der Waals surface area contributed by atoms with Gasteiger partial charge in [0, 0.05) is 12.6 Å². The van der Waals surface area contributed by atoms with E-state index in [-0.39, 0.29) is 17.2 Å². The molecule has 0 fully saturated rings. The maximum Gasteiger partial charge on any atom is 0.291 e. The summed E-state index contributed by atoms with van der Waals surface area (Å²) in [5.74, 6) is 0.271. The predicted octanol–water partition coefficient (Wildman–Crippen LogP) is 2.89. The molecule has 1 aromatic carbocycles. The number of fused-ring (bicyclic) bond motifs is 1. The zero-order chi connectivity index (χ0) is 18.8.